The third kappa shape index (κ3) is 7.02. The Morgan fingerprint density at radius 1 is 0.933 bits per heavy atom. The number of H-pyrrole nitrogens is 1. The zero-order valence-electron chi connectivity index (χ0n) is 25.3. The van der Waals surface area contributed by atoms with Crippen LogP contribution in [-0.4, -0.2) is 76.2 Å². The van der Waals surface area contributed by atoms with Gasteiger partial charge >= 0.3 is 0 Å². The smallest absolute Gasteiger partial charge is 0.240 e. The fourth-order valence-corrected chi connectivity index (χ4v) is 6.40. The maximum Gasteiger partial charge on any atom is 0.240 e. The van der Waals surface area contributed by atoms with Crippen molar-refractivity contribution in [1.29, 1.82) is 0 Å². The number of anilines is 2. The fraction of sp³-hybridized carbons (Fsp3) is 0.394. The van der Waals surface area contributed by atoms with Crippen molar-refractivity contribution in [3.05, 3.63) is 72.4 Å². The quantitative estimate of drug-likeness (QED) is 0.211. The molecule has 2 aliphatic rings. The minimum Gasteiger partial charge on any atom is -0.368 e. The normalized spacial score (nSPS) is 19.2. The summed E-state index contributed by atoms with van der Waals surface area (Å²) in [4.78, 5) is 35.8. The average molecular weight is 609 g/mol. The molecule has 0 spiro atoms. The van der Waals surface area contributed by atoms with Crippen molar-refractivity contribution in [2.45, 2.75) is 38.1 Å². The van der Waals surface area contributed by atoms with Gasteiger partial charge in [-0.2, -0.15) is 5.21 Å². The molecule has 0 radical (unpaired) electrons. The third-order valence-electron chi connectivity index (χ3n) is 9.06. The lowest BCUT2D eigenvalue weighted by Crippen LogP contribution is -2.52. The van der Waals surface area contributed by atoms with E-state index in [9.17, 15) is 9.59 Å². The van der Waals surface area contributed by atoms with Crippen LogP contribution in [0.3, 0.4) is 0 Å². The van der Waals surface area contributed by atoms with E-state index in [-0.39, 0.29) is 18.2 Å². The summed E-state index contributed by atoms with van der Waals surface area (Å²) < 4.78 is 0. The van der Waals surface area contributed by atoms with Crippen molar-refractivity contribution in [2.75, 3.05) is 42.5 Å². The minimum atomic E-state index is -0.869. The van der Waals surface area contributed by atoms with Gasteiger partial charge in [0.1, 0.15) is 11.9 Å². The number of tetrazole rings is 1. The maximum atomic E-state index is 14.2. The van der Waals surface area contributed by atoms with Crippen molar-refractivity contribution >= 4 is 23.3 Å². The van der Waals surface area contributed by atoms with Gasteiger partial charge in [-0.3, -0.25) is 14.5 Å². The number of carbonyl (C=O) groups is 2. The lowest BCUT2D eigenvalue weighted by Gasteiger charge is -2.35. The highest BCUT2D eigenvalue weighted by atomic mass is 16.2. The average Bonchev–Trinajstić information content (AvgIpc) is 3.64. The van der Waals surface area contributed by atoms with Crippen LogP contribution in [0.15, 0.2) is 66.9 Å². The molecular formula is C33H40N10O2. The summed E-state index contributed by atoms with van der Waals surface area (Å²) >= 11 is 0. The Bertz CT molecular complexity index is 1560. The van der Waals surface area contributed by atoms with Crippen LogP contribution >= 0.6 is 0 Å². The number of hydrogen-bond acceptors (Lipinski definition) is 9. The lowest BCUT2D eigenvalue weighted by atomic mass is 9.81. The van der Waals surface area contributed by atoms with Gasteiger partial charge in [0.15, 0.2) is 0 Å². The molecule has 6 N–H and O–H groups in total. The van der Waals surface area contributed by atoms with Crippen molar-refractivity contribution in [3.63, 3.8) is 0 Å². The van der Waals surface area contributed by atoms with Crippen LogP contribution < -0.4 is 26.6 Å². The Morgan fingerprint density at radius 2 is 1.64 bits per heavy atom. The molecule has 1 aliphatic carbocycles. The van der Waals surface area contributed by atoms with Gasteiger partial charge in [0.2, 0.25) is 17.6 Å². The number of nitrogens with one attached hydrogen (secondary N) is 2. The van der Waals surface area contributed by atoms with Crippen LogP contribution in [-0.2, 0) is 16.0 Å². The Balaban J connectivity index is 1.25. The number of rotatable bonds is 10. The number of hydrogen-bond donors (Lipinski definition) is 4. The van der Waals surface area contributed by atoms with E-state index in [0.29, 0.717) is 24.0 Å². The van der Waals surface area contributed by atoms with Gasteiger partial charge in [0.25, 0.3) is 0 Å². The molecular weight excluding hydrogens is 568 g/mol. The van der Waals surface area contributed by atoms with Gasteiger partial charge in [-0.05, 0) is 96.4 Å². The van der Waals surface area contributed by atoms with Gasteiger partial charge in [0.05, 0.1) is 0 Å². The van der Waals surface area contributed by atoms with Gasteiger partial charge < -0.3 is 21.7 Å². The first kappa shape index (κ1) is 30.4. The molecule has 1 saturated carbocycles. The predicted octanol–water partition coefficient (Wildman–Crippen LogP) is 2.53. The number of primary amides is 1. The number of benzene rings is 2. The number of aromatic nitrogens is 5. The number of pyridine rings is 1. The summed E-state index contributed by atoms with van der Waals surface area (Å²) in [5.41, 5.74) is 16.3. The summed E-state index contributed by atoms with van der Waals surface area (Å²) in [5, 5.41) is 17.5. The van der Waals surface area contributed by atoms with Gasteiger partial charge in [-0.1, -0.05) is 24.3 Å². The first-order valence-electron chi connectivity index (χ1n) is 15.7. The van der Waals surface area contributed by atoms with E-state index in [1.807, 2.05) is 60.8 Å². The van der Waals surface area contributed by atoms with Crippen molar-refractivity contribution in [3.8, 4) is 22.5 Å². The van der Waals surface area contributed by atoms with E-state index in [1.54, 1.807) is 4.90 Å². The molecule has 12 nitrogen and oxygen atoms in total. The molecule has 2 amide bonds. The molecule has 0 bridgehead atoms. The molecule has 2 aromatic heterocycles. The number of nitrogens with zero attached hydrogens (tertiary/aromatic N) is 6. The molecule has 2 aromatic carbocycles. The highest BCUT2D eigenvalue weighted by molar-refractivity contribution is 6.01. The molecule has 1 saturated heterocycles. The van der Waals surface area contributed by atoms with E-state index in [0.717, 1.165) is 79.9 Å². The predicted molar refractivity (Wildman–Crippen MR) is 173 cm³/mol. The van der Waals surface area contributed by atoms with Gasteiger partial charge in [-0.25, -0.2) is 4.98 Å². The first-order valence-corrected chi connectivity index (χ1v) is 15.7. The van der Waals surface area contributed by atoms with Crippen molar-refractivity contribution in [2.24, 2.45) is 23.3 Å². The van der Waals surface area contributed by atoms with E-state index in [2.05, 4.69) is 41.9 Å². The maximum absolute atomic E-state index is 14.2. The zero-order chi connectivity index (χ0) is 31.2. The third-order valence-corrected chi connectivity index (χ3v) is 9.06. The van der Waals surface area contributed by atoms with E-state index in [4.69, 9.17) is 11.5 Å². The van der Waals surface area contributed by atoms with Crippen LogP contribution in [0.25, 0.3) is 22.5 Å². The van der Waals surface area contributed by atoms with Crippen molar-refractivity contribution in [1.82, 2.24) is 30.9 Å². The fourth-order valence-electron chi connectivity index (χ4n) is 6.40. The van der Waals surface area contributed by atoms with Gasteiger partial charge in [0, 0.05) is 56.0 Å². The standard InChI is InChI=1S/C33H40N10O2/c34-21-23-3-7-26(8-4-23)33(45)43(28-11-9-25(10-12-28)32-38-40-41-39-32)29(31(35)44)19-22-1-5-24(6-2-22)27-13-14-37-30(20-27)42-17-15-36-16-18-42/h1-2,5-6,9-14,20,23,26,29,36H,3-4,7-8,15-19,21,34H2,(H2,35,44)(H,38,39,40,41)/t23?,26?,29-/m0/s1. The minimum absolute atomic E-state index is 0.0876. The molecule has 12 heteroatoms. The van der Waals surface area contributed by atoms with E-state index in [1.165, 1.54) is 0 Å². The van der Waals surface area contributed by atoms with Crippen LogP contribution in [0.4, 0.5) is 11.5 Å². The molecule has 234 valence electrons. The molecule has 1 aliphatic heterocycles. The Hall–Kier alpha value is -4.68. The second-order valence-corrected chi connectivity index (χ2v) is 11.9. The number of piperazine rings is 1. The van der Waals surface area contributed by atoms with Crippen LogP contribution in [0.2, 0.25) is 0 Å². The Labute approximate surface area is 262 Å². The van der Waals surface area contributed by atoms with Gasteiger partial charge in [-0.15, -0.1) is 10.2 Å². The largest absolute Gasteiger partial charge is 0.368 e. The number of nitrogens with two attached hydrogens (primary N) is 2. The highest BCUT2D eigenvalue weighted by Gasteiger charge is 2.36. The molecule has 45 heavy (non-hydrogen) atoms. The summed E-state index contributed by atoms with van der Waals surface area (Å²) in [5.74, 6) is 0.990. The Kier molecular flexibility index (Phi) is 9.41. The summed E-state index contributed by atoms with van der Waals surface area (Å²) in [6.07, 6.45) is 5.39. The topological polar surface area (TPSA) is 172 Å². The van der Waals surface area contributed by atoms with Crippen LogP contribution in [0.1, 0.15) is 31.2 Å². The first-order chi connectivity index (χ1) is 22.0. The van der Waals surface area contributed by atoms with Crippen molar-refractivity contribution < 1.29 is 9.59 Å². The van der Waals surface area contributed by atoms with E-state index >= 15 is 0 Å². The second kappa shape index (κ2) is 14.0. The molecule has 6 rings (SSSR count). The summed E-state index contributed by atoms with van der Waals surface area (Å²) in [6, 6.07) is 18.6. The zero-order valence-corrected chi connectivity index (χ0v) is 25.3. The SMILES string of the molecule is NCC1CCC(C(=O)N(c2ccc(-c3nn[nH]n3)cc2)[C@@H](Cc2ccc(-c3ccnc(N4CCNCC4)c3)cc2)C(N)=O)CC1. The van der Waals surface area contributed by atoms with E-state index < -0.39 is 11.9 Å². The molecule has 4 aromatic rings. The summed E-state index contributed by atoms with van der Waals surface area (Å²) in [7, 11) is 0. The molecule has 2 fully saturated rings. The summed E-state index contributed by atoms with van der Waals surface area (Å²) in [6.45, 7) is 4.36. The highest BCUT2D eigenvalue weighted by Crippen LogP contribution is 2.33. The monoisotopic (exact) mass is 608 g/mol. The number of carbonyl (C=O) groups excluding carboxylic acids is 2. The molecule has 0 unspecified atom stereocenters. The Morgan fingerprint density at radius 3 is 2.29 bits per heavy atom. The number of amides is 2. The van der Waals surface area contributed by atoms with Crippen LogP contribution in [0.5, 0.6) is 0 Å². The molecule has 3 heterocycles. The number of aromatic amines is 1. The lowest BCUT2D eigenvalue weighted by molar-refractivity contribution is -0.127. The van der Waals surface area contributed by atoms with Crippen LogP contribution in [0, 0.1) is 11.8 Å². The molecule has 1 atom stereocenters. The second-order valence-electron chi connectivity index (χ2n) is 11.9.